The molecule has 14 heavy (non-hydrogen) atoms. The third kappa shape index (κ3) is 3.01. The zero-order valence-electron chi connectivity index (χ0n) is 10.7. The van der Waals surface area contributed by atoms with Gasteiger partial charge in [-0.15, -0.1) is 0 Å². The summed E-state index contributed by atoms with van der Waals surface area (Å²) < 4.78 is 0. The fourth-order valence-electron chi connectivity index (χ4n) is 1.77. The van der Waals surface area contributed by atoms with Crippen molar-refractivity contribution in [3.8, 4) is 0 Å². The largest absolute Gasteiger partial charge is 0.0885 e. The first-order chi connectivity index (χ1) is 6.59. The van der Waals surface area contributed by atoms with Crippen LogP contribution in [-0.4, -0.2) is 0 Å². The van der Waals surface area contributed by atoms with Crippen LogP contribution in [0.5, 0.6) is 0 Å². The quantitative estimate of drug-likeness (QED) is 0.544. The summed E-state index contributed by atoms with van der Waals surface area (Å²) in [7, 11) is 0. The van der Waals surface area contributed by atoms with E-state index in [0.29, 0.717) is 5.41 Å². The molecule has 0 heterocycles. The average Bonchev–Trinajstić information content (AvgIpc) is 2.43. The van der Waals surface area contributed by atoms with Gasteiger partial charge < -0.3 is 0 Å². The minimum atomic E-state index is 0.395. The minimum Gasteiger partial charge on any atom is -0.0885 e. The molecule has 0 fully saturated rings. The molecule has 0 nitrogen and oxygen atoms in total. The van der Waals surface area contributed by atoms with E-state index in [9.17, 15) is 0 Å². The van der Waals surface area contributed by atoms with Crippen molar-refractivity contribution in [1.29, 1.82) is 0 Å². The van der Waals surface area contributed by atoms with E-state index in [1.54, 1.807) is 5.57 Å². The Hall–Kier alpha value is -0.520. The molecular weight excluding hydrogens is 168 g/mol. The second-order valence-electron chi connectivity index (χ2n) is 4.29. The van der Waals surface area contributed by atoms with Gasteiger partial charge in [-0.3, -0.25) is 0 Å². The summed E-state index contributed by atoms with van der Waals surface area (Å²) in [4.78, 5) is 0. The van der Waals surface area contributed by atoms with Crippen LogP contribution in [0, 0.1) is 11.3 Å². The Bertz CT molecular complexity index is 206. The molecular formula is C14H26. The molecule has 0 aromatic heterocycles. The highest BCUT2D eigenvalue weighted by molar-refractivity contribution is 5.21. The predicted octanol–water partition coefficient (Wildman–Crippen LogP) is 4.97. The third-order valence-electron chi connectivity index (χ3n) is 3.23. The molecule has 1 unspecified atom stereocenters. The standard InChI is InChI=1S/C12H20.C2H6/c1-5-6-7-11-9-8-10(2)12(11,3)4;1-2/h6-8,11H,5,9H2,1-4H3;1-2H3/b7-6+;. The molecule has 0 N–H and O–H groups in total. The monoisotopic (exact) mass is 194 g/mol. The Morgan fingerprint density at radius 2 is 2.00 bits per heavy atom. The summed E-state index contributed by atoms with van der Waals surface area (Å²) in [5, 5.41) is 0. The Labute approximate surface area is 90.1 Å². The molecule has 1 atom stereocenters. The highest BCUT2D eigenvalue weighted by Gasteiger charge is 2.32. The van der Waals surface area contributed by atoms with E-state index >= 15 is 0 Å². The molecule has 0 aromatic rings. The normalized spacial score (nSPS) is 24.4. The van der Waals surface area contributed by atoms with E-state index in [0.717, 1.165) is 12.3 Å². The van der Waals surface area contributed by atoms with Crippen LogP contribution in [0.1, 0.15) is 54.4 Å². The minimum absolute atomic E-state index is 0.395. The first kappa shape index (κ1) is 13.5. The van der Waals surface area contributed by atoms with Crippen molar-refractivity contribution in [3.05, 3.63) is 23.8 Å². The van der Waals surface area contributed by atoms with Gasteiger partial charge in [0.15, 0.2) is 0 Å². The lowest BCUT2D eigenvalue weighted by Crippen LogP contribution is -2.18. The molecule has 0 amide bonds. The Morgan fingerprint density at radius 3 is 2.36 bits per heavy atom. The van der Waals surface area contributed by atoms with Crippen LogP contribution in [0.4, 0.5) is 0 Å². The van der Waals surface area contributed by atoms with E-state index in [4.69, 9.17) is 0 Å². The lowest BCUT2D eigenvalue weighted by molar-refractivity contribution is 0.351. The van der Waals surface area contributed by atoms with Crippen molar-refractivity contribution < 1.29 is 0 Å². The average molecular weight is 194 g/mol. The lowest BCUT2D eigenvalue weighted by atomic mass is 9.77. The van der Waals surface area contributed by atoms with Crippen LogP contribution < -0.4 is 0 Å². The van der Waals surface area contributed by atoms with E-state index in [1.165, 1.54) is 6.42 Å². The fourth-order valence-corrected chi connectivity index (χ4v) is 1.77. The maximum Gasteiger partial charge on any atom is -0.00817 e. The van der Waals surface area contributed by atoms with Crippen molar-refractivity contribution in [2.75, 3.05) is 0 Å². The first-order valence-corrected chi connectivity index (χ1v) is 5.93. The molecule has 0 aliphatic heterocycles. The second-order valence-corrected chi connectivity index (χ2v) is 4.29. The fraction of sp³-hybridized carbons (Fsp3) is 0.714. The molecule has 1 aliphatic carbocycles. The van der Waals surface area contributed by atoms with Crippen molar-refractivity contribution in [2.24, 2.45) is 11.3 Å². The van der Waals surface area contributed by atoms with Crippen molar-refractivity contribution in [2.45, 2.75) is 54.4 Å². The van der Waals surface area contributed by atoms with Crippen LogP contribution in [-0.2, 0) is 0 Å². The SMILES string of the molecule is CC.CC/C=C/C1CC=C(C)C1(C)C. The van der Waals surface area contributed by atoms with E-state index < -0.39 is 0 Å². The van der Waals surface area contributed by atoms with Gasteiger partial charge in [-0.2, -0.15) is 0 Å². The summed E-state index contributed by atoms with van der Waals surface area (Å²) in [5.74, 6) is 0.734. The van der Waals surface area contributed by atoms with Gasteiger partial charge in [-0.25, -0.2) is 0 Å². The zero-order chi connectivity index (χ0) is 11.2. The molecule has 0 bridgehead atoms. The van der Waals surface area contributed by atoms with Crippen LogP contribution >= 0.6 is 0 Å². The highest BCUT2D eigenvalue weighted by Crippen LogP contribution is 2.43. The lowest BCUT2D eigenvalue weighted by Gasteiger charge is -2.27. The molecule has 1 aliphatic rings. The van der Waals surface area contributed by atoms with Gasteiger partial charge in [0.1, 0.15) is 0 Å². The van der Waals surface area contributed by atoms with Gasteiger partial charge in [0.05, 0.1) is 0 Å². The topological polar surface area (TPSA) is 0 Å². The highest BCUT2D eigenvalue weighted by atomic mass is 14.4. The summed E-state index contributed by atoms with van der Waals surface area (Å²) >= 11 is 0. The van der Waals surface area contributed by atoms with Crippen molar-refractivity contribution in [3.63, 3.8) is 0 Å². The van der Waals surface area contributed by atoms with Crippen molar-refractivity contribution >= 4 is 0 Å². The predicted molar refractivity (Wildman–Crippen MR) is 66.4 cm³/mol. The molecule has 0 saturated heterocycles. The van der Waals surface area contributed by atoms with E-state index in [1.807, 2.05) is 13.8 Å². The van der Waals surface area contributed by atoms with Crippen molar-refractivity contribution in [1.82, 2.24) is 0 Å². The molecule has 0 radical (unpaired) electrons. The molecule has 82 valence electrons. The van der Waals surface area contributed by atoms with Gasteiger partial charge in [-0.1, -0.05) is 58.4 Å². The van der Waals surface area contributed by atoms with Gasteiger partial charge in [0.25, 0.3) is 0 Å². The van der Waals surface area contributed by atoms with Crippen LogP contribution in [0.25, 0.3) is 0 Å². The Morgan fingerprint density at radius 1 is 1.43 bits per heavy atom. The van der Waals surface area contributed by atoms with Gasteiger partial charge in [-0.05, 0) is 31.1 Å². The first-order valence-electron chi connectivity index (χ1n) is 5.93. The zero-order valence-corrected chi connectivity index (χ0v) is 10.7. The summed E-state index contributed by atoms with van der Waals surface area (Å²) in [6, 6.07) is 0. The van der Waals surface area contributed by atoms with E-state index in [-0.39, 0.29) is 0 Å². The summed E-state index contributed by atoms with van der Waals surface area (Å²) in [5.41, 5.74) is 1.94. The van der Waals surface area contributed by atoms with Gasteiger partial charge in [0.2, 0.25) is 0 Å². The second kappa shape index (κ2) is 6.06. The number of hydrogen-bond donors (Lipinski definition) is 0. The Kier molecular flexibility index (Phi) is 5.83. The van der Waals surface area contributed by atoms with Gasteiger partial charge >= 0.3 is 0 Å². The molecule has 1 rings (SSSR count). The van der Waals surface area contributed by atoms with Crippen LogP contribution in [0.15, 0.2) is 23.8 Å². The third-order valence-corrected chi connectivity index (χ3v) is 3.23. The number of allylic oxidation sites excluding steroid dienone is 4. The molecule has 0 spiro atoms. The Balaban J connectivity index is 0.000000791. The van der Waals surface area contributed by atoms with E-state index in [2.05, 4.69) is 45.9 Å². The molecule has 0 aromatic carbocycles. The smallest absolute Gasteiger partial charge is 0.00817 e. The summed E-state index contributed by atoms with van der Waals surface area (Å²) in [6.45, 7) is 13.1. The van der Waals surface area contributed by atoms with Crippen LogP contribution in [0.2, 0.25) is 0 Å². The van der Waals surface area contributed by atoms with Gasteiger partial charge in [0, 0.05) is 0 Å². The summed E-state index contributed by atoms with van der Waals surface area (Å²) in [6.07, 6.45) is 9.44. The number of hydrogen-bond acceptors (Lipinski definition) is 0. The maximum atomic E-state index is 2.38. The maximum absolute atomic E-state index is 2.38. The van der Waals surface area contributed by atoms with Crippen LogP contribution in [0.3, 0.4) is 0 Å². The molecule has 0 saturated carbocycles. The number of rotatable bonds is 2. The molecule has 0 heteroatoms.